The van der Waals surface area contributed by atoms with Crippen molar-refractivity contribution in [1.29, 1.82) is 0 Å². The largest absolute Gasteiger partial charge is 0.472 e. The third kappa shape index (κ3) is 8.57. The number of anilines is 1. The van der Waals surface area contributed by atoms with Gasteiger partial charge < -0.3 is 15.4 Å². The van der Waals surface area contributed by atoms with Gasteiger partial charge in [0.05, 0.1) is 19.3 Å². The van der Waals surface area contributed by atoms with Crippen molar-refractivity contribution in [3.63, 3.8) is 0 Å². The second kappa shape index (κ2) is 12.0. The molecule has 1 aromatic rings. The Morgan fingerprint density at radius 1 is 1.26 bits per heavy atom. The third-order valence-electron chi connectivity index (χ3n) is 4.96. The average Bonchev–Trinajstić information content (AvgIpc) is 2.99. The fourth-order valence-corrected chi connectivity index (χ4v) is 4.13. The number of rotatable bonds is 14. The quantitative estimate of drug-likeness (QED) is 0.310. The van der Waals surface area contributed by atoms with Crippen LogP contribution in [0.1, 0.15) is 70.9 Å². The van der Waals surface area contributed by atoms with Crippen LogP contribution in [0.25, 0.3) is 0 Å². The lowest BCUT2D eigenvalue weighted by atomic mass is 10.1. The zero-order valence-electron chi connectivity index (χ0n) is 17.8. The first-order valence-corrected chi connectivity index (χ1v) is 12.1. The first-order chi connectivity index (χ1) is 14.6. The maximum absolute atomic E-state index is 14.3. The van der Waals surface area contributed by atoms with E-state index in [1.165, 1.54) is 31.7 Å². The lowest BCUT2D eigenvalue weighted by Crippen LogP contribution is -2.35. The Morgan fingerprint density at radius 3 is 2.55 bits per heavy atom. The Kier molecular flexibility index (Phi) is 10.0. The topological polar surface area (TPSA) is 126 Å². The van der Waals surface area contributed by atoms with E-state index < -0.39 is 44.8 Å². The van der Waals surface area contributed by atoms with Gasteiger partial charge in [-0.2, -0.15) is 4.98 Å². The molecule has 0 bridgehead atoms. The summed E-state index contributed by atoms with van der Waals surface area (Å²) in [5, 5.41) is 0. The molecule has 0 saturated carbocycles. The Hall–Kier alpha value is -1.39. The van der Waals surface area contributed by atoms with Gasteiger partial charge in [-0.05, 0) is 12.5 Å². The summed E-state index contributed by atoms with van der Waals surface area (Å²) in [5.74, 6) is -3.50. The molecule has 1 aliphatic rings. The van der Waals surface area contributed by atoms with E-state index in [0.717, 1.165) is 25.5 Å². The van der Waals surface area contributed by atoms with Crippen LogP contribution in [0.15, 0.2) is 17.1 Å². The van der Waals surface area contributed by atoms with Crippen molar-refractivity contribution in [2.45, 2.75) is 83.0 Å². The van der Waals surface area contributed by atoms with E-state index in [2.05, 4.69) is 11.9 Å². The van der Waals surface area contributed by atoms with Gasteiger partial charge in [-0.1, -0.05) is 51.9 Å². The van der Waals surface area contributed by atoms with Crippen molar-refractivity contribution in [3.05, 3.63) is 22.7 Å². The van der Waals surface area contributed by atoms with Gasteiger partial charge in [-0.3, -0.25) is 13.6 Å². The molecule has 1 unspecified atom stereocenters. The van der Waals surface area contributed by atoms with Crippen LogP contribution in [0.5, 0.6) is 0 Å². The van der Waals surface area contributed by atoms with Crippen LogP contribution in [0.3, 0.4) is 0 Å². The van der Waals surface area contributed by atoms with E-state index in [1.807, 2.05) is 0 Å². The van der Waals surface area contributed by atoms with E-state index >= 15 is 0 Å². The minimum atomic E-state index is -4.39. The maximum atomic E-state index is 14.3. The van der Waals surface area contributed by atoms with Gasteiger partial charge in [-0.25, -0.2) is 18.1 Å². The van der Waals surface area contributed by atoms with Gasteiger partial charge in [0.15, 0.2) is 0 Å². The molecule has 1 aliphatic heterocycles. The molecule has 178 valence electrons. The molecular weight excluding hydrogens is 435 g/mol. The minimum Gasteiger partial charge on any atom is -0.383 e. The number of hydrogen-bond acceptors (Lipinski definition) is 7. The summed E-state index contributed by atoms with van der Waals surface area (Å²) in [6.07, 6.45) is 5.63. The van der Waals surface area contributed by atoms with Gasteiger partial charge in [0.25, 0.3) is 5.92 Å². The number of nitrogens with two attached hydrogens (primary N) is 1. The standard InChI is InChI=1S/C19H32F2N3O6P/c1-2-3-4-5-6-7-8-9-12-28-31(26,27)29-14-15-13-19(20,21)17(30-15)24-11-10-16(22)23-18(24)25/h10-11,15,17H,2-9,12-14H2,1H3,(H,26,27)(H2,22,23,25)/t15-,17+/m0/s1. The SMILES string of the molecule is CCCCCCCCCCOP(=O)(O)OC[C@@H]1CC(F)(F)[C@H](n2ccc(N)nc2=O)O1. The molecule has 1 aromatic heterocycles. The molecule has 1 fully saturated rings. The first kappa shape index (κ1) is 25.9. The summed E-state index contributed by atoms with van der Waals surface area (Å²) in [6.45, 7) is 1.63. The van der Waals surface area contributed by atoms with E-state index in [0.29, 0.717) is 11.0 Å². The number of aromatic nitrogens is 2. The van der Waals surface area contributed by atoms with Crippen molar-refractivity contribution in [2.24, 2.45) is 0 Å². The van der Waals surface area contributed by atoms with E-state index in [9.17, 15) is 23.0 Å². The Morgan fingerprint density at radius 2 is 1.90 bits per heavy atom. The third-order valence-corrected chi connectivity index (χ3v) is 5.95. The Balaban J connectivity index is 1.72. The molecule has 0 aliphatic carbocycles. The van der Waals surface area contributed by atoms with Crippen LogP contribution in [-0.2, 0) is 18.3 Å². The highest BCUT2D eigenvalue weighted by Crippen LogP contribution is 2.46. The van der Waals surface area contributed by atoms with Crippen LogP contribution in [0.2, 0.25) is 0 Å². The number of unbranched alkanes of at least 4 members (excludes halogenated alkanes) is 7. The van der Waals surface area contributed by atoms with Crippen LogP contribution in [0, 0.1) is 0 Å². The van der Waals surface area contributed by atoms with Gasteiger partial charge in [0.2, 0.25) is 6.23 Å². The maximum Gasteiger partial charge on any atom is 0.472 e. The normalized spacial score (nSPS) is 22.5. The highest BCUT2D eigenvalue weighted by atomic mass is 31.2. The van der Waals surface area contributed by atoms with Gasteiger partial charge in [0, 0.05) is 12.6 Å². The fraction of sp³-hybridized carbons (Fsp3) is 0.789. The lowest BCUT2D eigenvalue weighted by molar-refractivity contribution is -0.120. The van der Waals surface area contributed by atoms with Crippen LogP contribution < -0.4 is 11.4 Å². The second-order valence-corrected chi connectivity index (χ2v) is 9.14. The van der Waals surface area contributed by atoms with E-state index in [-0.39, 0.29) is 12.4 Å². The Bertz CT molecular complexity index is 794. The first-order valence-electron chi connectivity index (χ1n) is 10.6. The van der Waals surface area contributed by atoms with Crippen LogP contribution in [-0.4, -0.2) is 39.7 Å². The zero-order valence-corrected chi connectivity index (χ0v) is 18.6. The smallest absolute Gasteiger partial charge is 0.383 e. The summed E-state index contributed by atoms with van der Waals surface area (Å²) < 4.78 is 56.1. The number of phosphoric acid groups is 1. The number of halogens is 2. The lowest BCUT2D eigenvalue weighted by Gasteiger charge is -2.19. The van der Waals surface area contributed by atoms with Crippen molar-refractivity contribution >= 4 is 13.6 Å². The molecule has 0 spiro atoms. The molecule has 3 atom stereocenters. The summed E-state index contributed by atoms with van der Waals surface area (Å²) in [6, 6.07) is 1.20. The summed E-state index contributed by atoms with van der Waals surface area (Å²) in [7, 11) is -4.39. The van der Waals surface area contributed by atoms with Crippen molar-refractivity contribution in [1.82, 2.24) is 9.55 Å². The molecule has 0 amide bonds. The molecular formula is C19H32F2N3O6P. The molecule has 0 aromatic carbocycles. The molecule has 3 N–H and O–H groups in total. The summed E-state index contributed by atoms with van der Waals surface area (Å²) in [5.41, 5.74) is 4.38. The van der Waals surface area contributed by atoms with Crippen molar-refractivity contribution < 1.29 is 32.0 Å². The number of nitrogen functional groups attached to an aromatic ring is 1. The minimum absolute atomic E-state index is 0.0412. The molecule has 0 radical (unpaired) electrons. The monoisotopic (exact) mass is 467 g/mol. The highest BCUT2D eigenvalue weighted by Gasteiger charge is 2.52. The van der Waals surface area contributed by atoms with Crippen molar-refractivity contribution in [3.8, 4) is 0 Å². The second-order valence-electron chi connectivity index (χ2n) is 7.69. The highest BCUT2D eigenvalue weighted by molar-refractivity contribution is 7.47. The van der Waals surface area contributed by atoms with Crippen molar-refractivity contribution in [2.75, 3.05) is 18.9 Å². The fourth-order valence-electron chi connectivity index (χ4n) is 3.34. The van der Waals surface area contributed by atoms with Crippen LogP contribution >= 0.6 is 7.82 Å². The van der Waals surface area contributed by atoms with Crippen LogP contribution in [0.4, 0.5) is 14.6 Å². The van der Waals surface area contributed by atoms with Gasteiger partial charge >= 0.3 is 13.5 Å². The molecule has 1 saturated heterocycles. The number of ether oxygens (including phenoxy) is 1. The zero-order chi connectivity index (χ0) is 22.9. The Labute approximate surface area is 180 Å². The summed E-state index contributed by atoms with van der Waals surface area (Å²) >= 11 is 0. The average molecular weight is 467 g/mol. The van der Waals surface area contributed by atoms with E-state index in [1.54, 1.807) is 0 Å². The molecule has 31 heavy (non-hydrogen) atoms. The molecule has 2 heterocycles. The number of alkyl halides is 2. The molecule has 9 nitrogen and oxygen atoms in total. The number of nitrogens with zero attached hydrogens (tertiary/aromatic N) is 2. The van der Waals surface area contributed by atoms with Gasteiger partial charge in [0.1, 0.15) is 5.82 Å². The number of hydrogen-bond donors (Lipinski definition) is 2. The summed E-state index contributed by atoms with van der Waals surface area (Å²) in [4.78, 5) is 25.0. The number of phosphoric ester groups is 1. The molecule has 12 heteroatoms. The predicted octanol–water partition coefficient (Wildman–Crippen LogP) is 4.02. The molecule has 2 rings (SSSR count). The van der Waals surface area contributed by atoms with E-state index in [4.69, 9.17) is 19.5 Å². The predicted molar refractivity (Wildman–Crippen MR) is 111 cm³/mol. The van der Waals surface area contributed by atoms with Gasteiger partial charge in [-0.15, -0.1) is 0 Å².